The van der Waals surface area contributed by atoms with Crippen LogP contribution in [0.2, 0.25) is 0 Å². The molecule has 0 saturated carbocycles. The number of nitrogens with zero attached hydrogens (tertiary/aromatic N) is 1. The predicted octanol–water partition coefficient (Wildman–Crippen LogP) is 3.42. The van der Waals surface area contributed by atoms with Gasteiger partial charge >= 0.3 is 0 Å². The van der Waals surface area contributed by atoms with Gasteiger partial charge in [-0.1, -0.05) is 24.9 Å². The smallest absolute Gasteiger partial charge is 0.175 e. The molecule has 0 aromatic heterocycles. The lowest BCUT2D eigenvalue weighted by atomic mass is 10.1. The first-order valence-electron chi connectivity index (χ1n) is 7.24. The van der Waals surface area contributed by atoms with Crippen molar-refractivity contribution in [3.8, 4) is 11.5 Å². The number of hydrogen-bond acceptors (Lipinski definition) is 4. The molecule has 22 heavy (non-hydrogen) atoms. The van der Waals surface area contributed by atoms with Gasteiger partial charge in [-0.3, -0.25) is 0 Å². The van der Waals surface area contributed by atoms with Crippen LogP contribution in [0, 0.1) is 0 Å². The molecule has 0 unspecified atom stereocenters. The zero-order chi connectivity index (χ0) is 15.9. The van der Waals surface area contributed by atoms with E-state index in [9.17, 15) is 0 Å². The molecule has 1 aliphatic rings. The first kappa shape index (κ1) is 17.2. The topological polar surface area (TPSA) is 30.9 Å². The molecule has 1 heterocycles. The molecule has 0 amide bonds. The minimum atomic E-state index is 0.423. The van der Waals surface area contributed by atoms with Crippen molar-refractivity contribution in [3.05, 3.63) is 34.8 Å². The van der Waals surface area contributed by atoms with Gasteiger partial charge in [0.15, 0.2) is 11.5 Å². The Balaban J connectivity index is 2.27. The van der Waals surface area contributed by atoms with Crippen LogP contribution in [0.4, 0.5) is 0 Å². The molecule has 1 saturated heterocycles. The Morgan fingerprint density at radius 1 is 1.41 bits per heavy atom. The van der Waals surface area contributed by atoms with Crippen molar-refractivity contribution in [2.45, 2.75) is 6.92 Å². The van der Waals surface area contributed by atoms with E-state index >= 15 is 0 Å². The summed E-state index contributed by atoms with van der Waals surface area (Å²) in [5.41, 5.74) is 0.943. The first-order valence-corrected chi connectivity index (χ1v) is 8.44. The van der Waals surface area contributed by atoms with Gasteiger partial charge in [0, 0.05) is 18.7 Å². The van der Waals surface area contributed by atoms with Gasteiger partial charge in [0.1, 0.15) is 11.6 Å². The lowest BCUT2D eigenvalue weighted by Gasteiger charge is -2.29. The second kappa shape index (κ2) is 8.50. The summed E-state index contributed by atoms with van der Waals surface area (Å²) in [7, 11) is 0. The molecule has 0 N–H and O–H groups in total. The maximum absolute atomic E-state index is 5.70. The van der Waals surface area contributed by atoms with Gasteiger partial charge in [0.25, 0.3) is 0 Å². The summed E-state index contributed by atoms with van der Waals surface area (Å²) in [5, 5.41) is 0. The molecule has 0 bridgehead atoms. The highest BCUT2D eigenvalue weighted by Crippen LogP contribution is 2.37. The predicted molar refractivity (Wildman–Crippen MR) is 95.1 cm³/mol. The fraction of sp³-hybridized carbons (Fsp3) is 0.438. The standard InChI is InChI=1S/C16H20BrNO3S/c1-3-7-21-15-13(17)10-12(11-14(15)20-4-2)16(22)18-5-8-19-9-6-18/h3,10-11H,1,4-9H2,2H3. The van der Waals surface area contributed by atoms with Crippen LogP contribution in [0.1, 0.15) is 12.5 Å². The number of thiocarbonyl (C=S) groups is 1. The van der Waals surface area contributed by atoms with Crippen molar-refractivity contribution < 1.29 is 14.2 Å². The minimum Gasteiger partial charge on any atom is -0.490 e. The normalized spacial score (nSPS) is 14.5. The molecule has 120 valence electrons. The Kier molecular flexibility index (Phi) is 6.67. The van der Waals surface area contributed by atoms with Crippen LogP contribution in [0.25, 0.3) is 0 Å². The molecule has 1 aromatic rings. The zero-order valence-electron chi connectivity index (χ0n) is 12.6. The summed E-state index contributed by atoms with van der Waals surface area (Å²) < 4.78 is 17.6. The van der Waals surface area contributed by atoms with Crippen LogP contribution >= 0.6 is 28.1 Å². The largest absolute Gasteiger partial charge is 0.490 e. The lowest BCUT2D eigenvalue weighted by molar-refractivity contribution is 0.0693. The molecule has 6 heteroatoms. The van der Waals surface area contributed by atoms with Gasteiger partial charge in [-0.15, -0.1) is 0 Å². The SMILES string of the molecule is C=CCOc1c(Br)cc(C(=S)N2CCOCC2)cc1OCC. The Morgan fingerprint density at radius 3 is 2.77 bits per heavy atom. The maximum atomic E-state index is 5.70. The Bertz CT molecular complexity index is 544. The summed E-state index contributed by atoms with van der Waals surface area (Å²) in [6, 6.07) is 3.91. The van der Waals surface area contributed by atoms with Crippen LogP contribution in [-0.4, -0.2) is 49.4 Å². The average molecular weight is 386 g/mol. The quantitative estimate of drug-likeness (QED) is 0.553. The molecular weight excluding hydrogens is 366 g/mol. The second-order valence-corrected chi connectivity index (χ2v) is 5.96. The monoisotopic (exact) mass is 385 g/mol. The molecule has 0 atom stereocenters. The van der Waals surface area contributed by atoms with Crippen molar-refractivity contribution >= 4 is 33.1 Å². The third kappa shape index (κ3) is 4.21. The van der Waals surface area contributed by atoms with Gasteiger partial charge in [0.05, 0.1) is 24.3 Å². The molecule has 0 aliphatic carbocycles. The molecular formula is C16H20BrNO3S. The van der Waals surface area contributed by atoms with E-state index in [1.807, 2.05) is 19.1 Å². The summed E-state index contributed by atoms with van der Waals surface area (Å²) in [4.78, 5) is 2.96. The lowest BCUT2D eigenvalue weighted by Crippen LogP contribution is -2.40. The Hall–Kier alpha value is -1.11. The second-order valence-electron chi connectivity index (χ2n) is 4.72. The molecule has 1 aromatic carbocycles. The first-order chi connectivity index (χ1) is 10.7. The Labute approximate surface area is 145 Å². The number of morpholine rings is 1. The van der Waals surface area contributed by atoms with Gasteiger partial charge in [0.2, 0.25) is 0 Å². The van der Waals surface area contributed by atoms with E-state index in [0.717, 1.165) is 28.1 Å². The summed E-state index contributed by atoms with van der Waals surface area (Å²) in [5.74, 6) is 1.36. The maximum Gasteiger partial charge on any atom is 0.175 e. The third-order valence-electron chi connectivity index (χ3n) is 3.20. The fourth-order valence-electron chi connectivity index (χ4n) is 2.19. The molecule has 0 radical (unpaired) electrons. The molecule has 2 rings (SSSR count). The number of halogens is 1. The number of hydrogen-bond donors (Lipinski definition) is 0. The fourth-order valence-corrected chi connectivity index (χ4v) is 3.04. The average Bonchev–Trinajstić information content (AvgIpc) is 2.54. The molecule has 4 nitrogen and oxygen atoms in total. The van der Waals surface area contributed by atoms with Crippen LogP contribution < -0.4 is 9.47 Å². The highest BCUT2D eigenvalue weighted by molar-refractivity contribution is 9.10. The number of ether oxygens (including phenoxy) is 3. The van der Waals surface area contributed by atoms with E-state index in [-0.39, 0.29) is 0 Å². The highest BCUT2D eigenvalue weighted by atomic mass is 79.9. The van der Waals surface area contributed by atoms with Crippen LogP contribution in [0.3, 0.4) is 0 Å². The van der Waals surface area contributed by atoms with Crippen LogP contribution in [0.15, 0.2) is 29.3 Å². The molecule has 0 spiro atoms. The van der Waals surface area contributed by atoms with E-state index in [0.29, 0.717) is 37.9 Å². The van der Waals surface area contributed by atoms with Crippen molar-refractivity contribution in [2.24, 2.45) is 0 Å². The van der Waals surface area contributed by atoms with E-state index in [1.54, 1.807) is 6.08 Å². The van der Waals surface area contributed by atoms with Gasteiger partial charge < -0.3 is 19.1 Å². The van der Waals surface area contributed by atoms with Gasteiger partial charge in [-0.2, -0.15) is 0 Å². The van der Waals surface area contributed by atoms with Crippen molar-refractivity contribution in [1.82, 2.24) is 4.90 Å². The number of benzene rings is 1. The van der Waals surface area contributed by atoms with E-state index in [2.05, 4.69) is 27.4 Å². The molecule has 1 aliphatic heterocycles. The Morgan fingerprint density at radius 2 is 2.14 bits per heavy atom. The number of rotatable bonds is 6. The van der Waals surface area contributed by atoms with Crippen molar-refractivity contribution in [1.29, 1.82) is 0 Å². The van der Waals surface area contributed by atoms with Crippen molar-refractivity contribution in [3.63, 3.8) is 0 Å². The van der Waals surface area contributed by atoms with Gasteiger partial charge in [-0.25, -0.2) is 0 Å². The summed E-state index contributed by atoms with van der Waals surface area (Å²) in [6.07, 6.45) is 1.70. The van der Waals surface area contributed by atoms with E-state index < -0.39 is 0 Å². The van der Waals surface area contributed by atoms with Gasteiger partial charge in [-0.05, 0) is 35.0 Å². The van der Waals surface area contributed by atoms with E-state index in [4.69, 9.17) is 26.4 Å². The van der Waals surface area contributed by atoms with Crippen molar-refractivity contribution in [2.75, 3.05) is 39.5 Å². The highest BCUT2D eigenvalue weighted by Gasteiger charge is 2.19. The van der Waals surface area contributed by atoms with Crippen LogP contribution in [0.5, 0.6) is 11.5 Å². The molecule has 1 fully saturated rings. The summed E-state index contributed by atoms with van der Waals surface area (Å²) in [6.45, 7) is 9.64. The minimum absolute atomic E-state index is 0.423. The van der Waals surface area contributed by atoms with Crippen LogP contribution in [-0.2, 0) is 4.74 Å². The van der Waals surface area contributed by atoms with E-state index in [1.165, 1.54) is 0 Å². The third-order valence-corrected chi connectivity index (χ3v) is 4.28. The summed E-state index contributed by atoms with van der Waals surface area (Å²) >= 11 is 9.16. The zero-order valence-corrected chi connectivity index (χ0v) is 15.0.